The molecule has 29 heavy (non-hydrogen) atoms. The summed E-state index contributed by atoms with van der Waals surface area (Å²) in [5.41, 5.74) is 1.91. The fraction of sp³-hybridized carbons (Fsp3) is 0.227. The Balaban J connectivity index is 1.57. The summed E-state index contributed by atoms with van der Waals surface area (Å²) < 4.78 is 12.6. The van der Waals surface area contributed by atoms with Crippen LogP contribution in [0.15, 0.2) is 67.0 Å². The van der Waals surface area contributed by atoms with Crippen molar-refractivity contribution in [1.82, 2.24) is 9.78 Å². The molecule has 3 rings (SSSR count). The number of anilines is 1. The SMILES string of the molecule is CCOc1ccccc1NC(=O)C(C)OC(=O)c1ccc(Cn2cccn2)cc1. The van der Waals surface area contributed by atoms with Gasteiger partial charge in [0.15, 0.2) is 6.10 Å². The first kappa shape index (κ1) is 20.1. The largest absolute Gasteiger partial charge is 0.492 e. The number of esters is 1. The lowest BCUT2D eigenvalue weighted by Gasteiger charge is -2.15. The molecule has 0 radical (unpaired) electrons. The van der Waals surface area contributed by atoms with Crippen LogP contribution in [0.5, 0.6) is 5.75 Å². The molecule has 0 saturated heterocycles. The number of benzene rings is 2. The minimum absolute atomic E-state index is 0.378. The van der Waals surface area contributed by atoms with Crippen molar-refractivity contribution in [2.75, 3.05) is 11.9 Å². The van der Waals surface area contributed by atoms with Crippen molar-refractivity contribution in [1.29, 1.82) is 0 Å². The van der Waals surface area contributed by atoms with Crippen LogP contribution in [0.25, 0.3) is 0 Å². The van der Waals surface area contributed by atoms with Gasteiger partial charge in [0.2, 0.25) is 0 Å². The number of nitrogens with one attached hydrogen (secondary N) is 1. The summed E-state index contributed by atoms with van der Waals surface area (Å²) in [5, 5.41) is 6.89. The summed E-state index contributed by atoms with van der Waals surface area (Å²) in [6.07, 6.45) is 2.62. The summed E-state index contributed by atoms with van der Waals surface area (Å²) >= 11 is 0. The molecular formula is C22H23N3O4. The van der Waals surface area contributed by atoms with Gasteiger partial charge in [-0.3, -0.25) is 9.48 Å². The highest BCUT2D eigenvalue weighted by Gasteiger charge is 2.20. The van der Waals surface area contributed by atoms with E-state index >= 15 is 0 Å². The standard InChI is InChI=1S/C22H23N3O4/c1-3-28-20-8-5-4-7-19(20)24-21(26)16(2)29-22(27)18-11-9-17(10-12-18)15-25-14-6-13-23-25/h4-14,16H,3,15H2,1-2H3,(H,24,26). The number of para-hydroxylation sites is 2. The number of carbonyl (C=O) groups excluding carboxylic acids is 2. The molecule has 1 unspecified atom stereocenters. The topological polar surface area (TPSA) is 82.5 Å². The Hall–Kier alpha value is -3.61. The first-order chi connectivity index (χ1) is 14.1. The zero-order valence-corrected chi connectivity index (χ0v) is 16.4. The van der Waals surface area contributed by atoms with Crippen molar-refractivity contribution in [2.24, 2.45) is 0 Å². The molecule has 0 bridgehead atoms. The van der Waals surface area contributed by atoms with E-state index in [1.165, 1.54) is 6.92 Å². The van der Waals surface area contributed by atoms with Crippen molar-refractivity contribution < 1.29 is 19.1 Å². The van der Waals surface area contributed by atoms with Gasteiger partial charge in [0.25, 0.3) is 5.91 Å². The Morgan fingerprint density at radius 2 is 1.86 bits per heavy atom. The van der Waals surface area contributed by atoms with Crippen LogP contribution in [-0.2, 0) is 16.1 Å². The molecule has 0 fully saturated rings. The van der Waals surface area contributed by atoms with Crippen LogP contribution in [0, 0.1) is 0 Å². The van der Waals surface area contributed by atoms with Crippen molar-refractivity contribution in [3.05, 3.63) is 78.1 Å². The molecule has 1 heterocycles. The molecule has 7 heteroatoms. The van der Waals surface area contributed by atoms with E-state index in [-0.39, 0.29) is 0 Å². The van der Waals surface area contributed by atoms with Crippen molar-refractivity contribution in [3.63, 3.8) is 0 Å². The average molecular weight is 393 g/mol. The lowest BCUT2D eigenvalue weighted by molar-refractivity contribution is -0.123. The number of aromatic nitrogens is 2. The lowest BCUT2D eigenvalue weighted by Crippen LogP contribution is -2.30. The number of amides is 1. The first-order valence-electron chi connectivity index (χ1n) is 9.37. The fourth-order valence-corrected chi connectivity index (χ4v) is 2.70. The van der Waals surface area contributed by atoms with Gasteiger partial charge in [0, 0.05) is 12.4 Å². The van der Waals surface area contributed by atoms with Gasteiger partial charge in [-0.05, 0) is 49.7 Å². The van der Waals surface area contributed by atoms with Gasteiger partial charge in [-0.1, -0.05) is 24.3 Å². The Bertz CT molecular complexity index is 952. The van der Waals surface area contributed by atoms with E-state index in [0.717, 1.165) is 5.56 Å². The molecule has 0 spiro atoms. The maximum absolute atomic E-state index is 12.4. The highest BCUT2D eigenvalue weighted by atomic mass is 16.5. The van der Waals surface area contributed by atoms with Crippen molar-refractivity contribution >= 4 is 17.6 Å². The van der Waals surface area contributed by atoms with Gasteiger partial charge in [-0.15, -0.1) is 0 Å². The van der Waals surface area contributed by atoms with Crippen LogP contribution in [-0.4, -0.2) is 34.4 Å². The summed E-state index contributed by atoms with van der Waals surface area (Å²) in [6, 6.07) is 16.0. The third-order valence-electron chi connectivity index (χ3n) is 4.19. The van der Waals surface area contributed by atoms with Gasteiger partial charge < -0.3 is 14.8 Å². The van der Waals surface area contributed by atoms with Gasteiger partial charge in [0.1, 0.15) is 5.75 Å². The molecular weight excluding hydrogens is 370 g/mol. The second kappa shape index (κ2) is 9.54. The monoisotopic (exact) mass is 393 g/mol. The molecule has 7 nitrogen and oxygen atoms in total. The molecule has 0 aliphatic rings. The minimum atomic E-state index is -0.957. The third kappa shape index (κ3) is 5.44. The normalized spacial score (nSPS) is 11.5. The number of ether oxygens (including phenoxy) is 2. The van der Waals surface area contributed by atoms with Crippen molar-refractivity contribution in [2.45, 2.75) is 26.5 Å². The van der Waals surface area contributed by atoms with Crippen LogP contribution in [0.2, 0.25) is 0 Å². The predicted octanol–water partition coefficient (Wildman–Crippen LogP) is 3.51. The van der Waals surface area contributed by atoms with E-state index in [4.69, 9.17) is 9.47 Å². The van der Waals surface area contributed by atoms with E-state index in [2.05, 4.69) is 10.4 Å². The van der Waals surface area contributed by atoms with Gasteiger partial charge >= 0.3 is 5.97 Å². The summed E-state index contributed by atoms with van der Waals surface area (Å²) in [6.45, 7) is 4.49. The van der Waals surface area contributed by atoms with Crippen LogP contribution in [0.1, 0.15) is 29.8 Å². The number of rotatable bonds is 8. The quantitative estimate of drug-likeness (QED) is 0.592. The van der Waals surface area contributed by atoms with Crippen LogP contribution >= 0.6 is 0 Å². The van der Waals surface area contributed by atoms with E-state index in [1.807, 2.05) is 37.4 Å². The zero-order chi connectivity index (χ0) is 20.6. The average Bonchev–Trinajstić information content (AvgIpc) is 3.23. The lowest BCUT2D eigenvalue weighted by atomic mass is 10.1. The van der Waals surface area contributed by atoms with Gasteiger partial charge in [0.05, 0.1) is 24.4 Å². The van der Waals surface area contributed by atoms with Crippen LogP contribution in [0.4, 0.5) is 5.69 Å². The molecule has 3 aromatic rings. The van der Waals surface area contributed by atoms with E-state index in [9.17, 15) is 9.59 Å². The summed E-state index contributed by atoms with van der Waals surface area (Å²) in [5.74, 6) is -0.424. The highest BCUT2D eigenvalue weighted by Crippen LogP contribution is 2.24. The Morgan fingerprint density at radius 1 is 1.10 bits per heavy atom. The number of carbonyl (C=O) groups is 2. The van der Waals surface area contributed by atoms with Crippen LogP contribution < -0.4 is 10.1 Å². The second-order valence-electron chi connectivity index (χ2n) is 6.37. The second-order valence-corrected chi connectivity index (χ2v) is 6.37. The van der Waals surface area contributed by atoms with E-state index < -0.39 is 18.0 Å². The maximum Gasteiger partial charge on any atom is 0.338 e. The molecule has 1 atom stereocenters. The summed E-state index contributed by atoms with van der Waals surface area (Å²) in [7, 11) is 0. The molecule has 2 aromatic carbocycles. The molecule has 0 saturated carbocycles. The molecule has 0 aliphatic carbocycles. The molecule has 150 valence electrons. The third-order valence-corrected chi connectivity index (χ3v) is 4.19. The first-order valence-corrected chi connectivity index (χ1v) is 9.37. The Labute approximate surface area is 169 Å². The van der Waals surface area contributed by atoms with Gasteiger partial charge in [-0.25, -0.2) is 4.79 Å². The number of hydrogen-bond acceptors (Lipinski definition) is 5. The van der Waals surface area contributed by atoms with E-state index in [1.54, 1.807) is 41.2 Å². The minimum Gasteiger partial charge on any atom is -0.492 e. The fourth-order valence-electron chi connectivity index (χ4n) is 2.70. The van der Waals surface area contributed by atoms with E-state index in [0.29, 0.717) is 30.2 Å². The number of hydrogen-bond donors (Lipinski definition) is 1. The molecule has 1 aromatic heterocycles. The molecule has 1 amide bonds. The smallest absolute Gasteiger partial charge is 0.338 e. The Morgan fingerprint density at radius 3 is 2.55 bits per heavy atom. The van der Waals surface area contributed by atoms with Gasteiger partial charge in [-0.2, -0.15) is 5.10 Å². The van der Waals surface area contributed by atoms with Crippen LogP contribution in [0.3, 0.4) is 0 Å². The predicted molar refractivity (Wildman–Crippen MR) is 109 cm³/mol. The molecule has 1 N–H and O–H groups in total. The highest BCUT2D eigenvalue weighted by molar-refractivity contribution is 5.98. The maximum atomic E-state index is 12.4. The zero-order valence-electron chi connectivity index (χ0n) is 16.4. The molecule has 0 aliphatic heterocycles. The summed E-state index contributed by atoms with van der Waals surface area (Å²) in [4.78, 5) is 24.8. The van der Waals surface area contributed by atoms with Crippen molar-refractivity contribution in [3.8, 4) is 5.75 Å². The Kier molecular flexibility index (Phi) is 6.63. The number of nitrogens with zero attached hydrogens (tertiary/aromatic N) is 2.